The highest BCUT2D eigenvalue weighted by Crippen LogP contribution is 2.22. The number of carbonyl (C=O) groups excluding carboxylic acids is 1. The molecule has 0 aromatic carbocycles. The Hall–Kier alpha value is -1.96. The van der Waals surface area contributed by atoms with Gasteiger partial charge in [0.05, 0.1) is 18.5 Å². The average molecular weight is 337 g/mol. The van der Waals surface area contributed by atoms with E-state index >= 15 is 0 Å². The fraction of sp³-hybridized carbons (Fsp3) is 0.600. The molecule has 0 unspecified atom stereocenters. The third-order valence-corrected chi connectivity index (χ3v) is 3.91. The number of hydrogen-bond acceptors (Lipinski definition) is 7. The molecule has 7 nitrogen and oxygen atoms in total. The molecule has 126 valence electrons. The summed E-state index contributed by atoms with van der Waals surface area (Å²) in [5.41, 5.74) is -0.102. The summed E-state index contributed by atoms with van der Waals surface area (Å²) in [4.78, 5) is 16.5. The van der Waals surface area contributed by atoms with Gasteiger partial charge in [0.25, 0.3) is 0 Å². The Morgan fingerprint density at radius 1 is 1.48 bits per heavy atom. The number of carbonyl (C=O) groups is 1. The lowest BCUT2D eigenvalue weighted by Crippen LogP contribution is -2.37. The molecule has 0 aliphatic carbocycles. The summed E-state index contributed by atoms with van der Waals surface area (Å²) < 4.78 is 11.0. The third kappa shape index (κ3) is 4.28. The first-order chi connectivity index (χ1) is 10.8. The van der Waals surface area contributed by atoms with Crippen molar-refractivity contribution < 1.29 is 9.53 Å². The van der Waals surface area contributed by atoms with Gasteiger partial charge in [0, 0.05) is 24.2 Å². The molecule has 0 atom stereocenters. The van der Waals surface area contributed by atoms with Crippen LogP contribution in [0.25, 0.3) is 0 Å². The molecule has 0 radical (unpaired) electrons. The standard InChI is InChI=1S/C15H23N5O2S/c1-6-22-13(21)15(4,5)20-9-11(8-16-20)17-14-18-12(19-23-14)7-10(2)3/h8-10H,6-7H2,1-5H3,(H,17,18,19). The highest BCUT2D eigenvalue weighted by Gasteiger charge is 2.32. The minimum atomic E-state index is -0.861. The average Bonchev–Trinajstić information content (AvgIpc) is 3.09. The van der Waals surface area contributed by atoms with Gasteiger partial charge in [0.2, 0.25) is 5.13 Å². The van der Waals surface area contributed by atoms with Crippen molar-refractivity contribution in [2.45, 2.75) is 46.6 Å². The molecule has 0 fully saturated rings. The molecule has 0 aliphatic rings. The molecular weight excluding hydrogens is 314 g/mol. The molecule has 0 amide bonds. The van der Waals surface area contributed by atoms with Gasteiger partial charge in [-0.15, -0.1) is 0 Å². The maximum absolute atomic E-state index is 12.0. The molecule has 0 spiro atoms. The highest BCUT2D eigenvalue weighted by atomic mass is 32.1. The molecule has 23 heavy (non-hydrogen) atoms. The molecule has 0 saturated heterocycles. The zero-order valence-corrected chi connectivity index (χ0v) is 15.0. The number of ether oxygens (including phenoxy) is 1. The number of hydrogen-bond donors (Lipinski definition) is 1. The number of esters is 1. The van der Waals surface area contributed by atoms with Crippen LogP contribution >= 0.6 is 11.5 Å². The van der Waals surface area contributed by atoms with Gasteiger partial charge in [0.15, 0.2) is 5.54 Å². The second-order valence-electron chi connectivity index (χ2n) is 6.19. The molecule has 1 N–H and O–H groups in total. The number of aromatic nitrogens is 4. The summed E-state index contributed by atoms with van der Waals surface area (Å²) in [6.45, 7) is 9.94. The van der Waals surface area contributed by atoms with Crippen molar-refractivity contribution in [1.82, 2.24) is 19.1 Å². The Labute approximate surface area is 140 Å². The van der Waals surface area contributed by atoms with Gasteiger partial charge in [-0.1, -0.05) is 13.8 Å². The summed E-state index contributed by atoms with van der Waals surface area (Å²) in [6, 6.07) is 0. The number of rotatable bonds is 7. The molecule has 2 aromatic heterocycles. The van der Waals surface area contributed by atoms with Crippen LogP contribution in [0.1, 0.15) is 40.4 Å². The fourth-order valence-electron chi connectivity index (χ4n) is 1.97. The normalized spacial score (nSPS) is 11.7. The maximum Gasteiger partial charge on any atom is 0.333 e. The molecule has 0 saturated carbocycles. The van der Waals surface area contributed by atoms with Crippen LogP contribution in [0.3, 0.4) is 0 Å². The van der Waals surface area contributed by atoms with Gasteiger partial charge in [0.1, 0.15) is 5.82 Å². The van der Waals surface area contributed by atoms with Crippen molar-refractivity contribution >= 4 is 28.3 Å². The van der Waals surface area contributed by atoms with Crippen molar-refractivity contribution in [2.24, 2.45) is 5.92 Å². The van der Waals surface area contributed by atoms with E-state index in [1.54, 1.807) is 37.8 Å². The van der Waals surface area contributed by atoms with Gasteiger partial charge in [-0.25, -0.2) is 9.78 Å². The van der Waals surface area contributed by atoms with Gasteiger partial charge in [-0.3, -0.25) is 4.68 Å². The van der Waals surface area contributed by atoms with Crippen LogP contribution in [0.4, 0.5) is 10.8 Å². The minimum absolute atomic E-state index is 0.315. The Balaban J connectivity index is 2.07. The van der Waals surface area contributed by atoms with E-state index in [4.69, 9.17) is 4.74 Å². The zero-order valence-electron chi connectivity index (χ0n) is 14.2. The highest BCUT2D eigenvalue weighted by molar-refractivity contribution is 7.09. The Morgan fingerprint density at radius 3 is 2.87 bits per heavy atom. The van der Waals surface area contributed by atoms with Crippen molar-refractivity contribution in [1.29, 1.82) is 0 Å². The predicted octanol–water partition coefficient (Wildman–Crippen LogP) is 2.97. The minimum Gasteiger partial charge on any atom is -0.464 e. The summed E-state index contributed by atoms with van der Waals surface area (Å²) >= 11 is 1.32. The number of anilines is 2. The van der Waals surface area contributed by atoms with Crippen LogP contribution in [-0.2, 0) is 21.5 Å². The first-order valence-electron chi connectivity index (χ1n) is 7.65. The molecule has 0 bridgehead atoms. The summed E-state index contributed by atoms with van der Waals surface area (Å²) in [5.74, 6) is 1.04. The van der Waals surface area contributed by atoms with Crippen LogP contribution in [0.15, 0.2) is 12.4 Å². The fourth-order valence-corrected chi connectivity index (χ4v) is 2.59. The van der Waals surface area contributed by atoms with E-state index in [0.717, 1.165) is 17.9 Å². The Bertz CT molecular complexity index is 662. The maximum atomic E-state index is 12.0. The van der Waals surface area contributed by atoms with Crippen LogP contribution in [0.5, 0.6) is 0 Å². The monoisotopic (exact) mass is 337 g/mol. The molecule has 8 heteroatoms. The van der Waals surface area contributed by atoms with E-state index in [1.165, 1.54) is 11.5 Å². The summed E-state index contributed by atoms with van der Waals surface area (Å²) in [5, 5.41) is 8.14. The van der Waals surface area contributed by atoms with E-state index in [9.17, 15) is 4.79 Å². The van der Waals surface area contributed by atoms with Crippen molar-refractivity contribution in [3.05, 3.63) is 18.2 Å². The van der Waals surface area contributed by atoms with Crippen molar-refractivity contribution in [3.63, 3.8) is 0 Å². The van der Waals surface area contributed by atoms with Crippen LogP contribution in [-0.4, -0.2) is 31.7 Å². The molecule has 0 aliphatic heterocycles. The SMILES string of the molecule is CCOC(=O)C(C)(C)n1cc(Nc2nc(CC(C)C)ns2)cn1. The smallest absolute Gasteiger partial charge is 0.333 e. The van der Waals surface area contributed by atoms with Crippen LogP contribution in [0.2, 0.25) is 0 Å². The molecule has 2 rings (SSSR count). The molecular formula is C15H23N5O2S. The van der Waals surface area contributed by atoms with Gasteiger partial charge < -0.3 is 10.1 Å². The quantitative estimate of drug-likeness (QED) is 0.782. The van der Waals surface area contributed by atoms with E-state index < -0.39 is 5.54 Å². The first kappa shape index (κ1) is 17.4. The Morgan fingerprint density at radius 2 is 2.22 bits per heavy atom. The summed E-state index contributed by atoms with van der Waals surface area (Å²) in [7, 11) is 0. The lowest BCUT2D eigenvalue weighted by molar-refractivity contribution is -0.152. The lowest BCUT2D eigenvalue weighted by atomic mass is 10.1. The predicted molar refractivity (Wildman–Crippen MR) is 89.9 cm³/mol. The topological polar surface area (TPSA) is 81.9 Å². The second-order valence-corrected chi connectivity index (χ2v) is 6.94. The molecule has 2 heterocycles. The largest absolute Gasteiger partial charge is 0.464 e. The van der Waals surface area contributed by atoms with Crippen molar-refractivity contribution in [2.75, 3.05) is 11.9 Å². The second kappa shape index (κ2) is 7.08. The molecule has 2 aromatic rings. The summed E-state index contributed by atoms with van der Waals surface area (Å²) in [6.07, 6.45) is 4.28. The van der Waals surface area contributed by atoms with Crippen LogP contribution in [0, 0.1) is 5.92 Å². The van der Waals surface area contributed by atoms with E-state index in [1.807, 2.05) is 0 Å². The number of nitrogens with one attached hydrogen (secondary N) is 1. The lowest BCUT2D eigenvalue weighted by Gasteiger charge is -2.22. The Kier molecular flexibility index (Phi) is 5.35. The first-order valence-corrected chi connectivity index (χ1v) is 8.42. The van der Waals surface area contributed by atoms with Gasteiger partial charge >= 0.3 is 5.97 Å². The zero-order chi connectivity index (χ0) is 17.0. The van der Waals surface area contributed by atoms with Crippen LogP contribution < -0.4 is 5.32 Å². The van der Waals surface area contributed by atoms with E-state index in [-0.39, 0.29) is 5.97 Å². The van der Waals surface area contributed by atoms with E-state index in [2.05, 4.69) is 33.6 Å². The van der Waals surface area contributed by atoms with Crippen molar-refractivity contribution in [3.8, 4) is 0 Å². The van der Waals surface area contributed by atoms with Gasteiger partial charge in [-0.2, -0.15) is 9.47 Å². The third-order valence-electron chi connectivity index (χ3n) is 3.24. The van der Waals surface area contributed by atoms with E-state index in [0.29, 0.717) is 17.7 Å². The number of nitrogens with zero attached hydrogens (tertiary/aromatic N) is 4. The van der Waals surface area contributed by atoms with Gasteiger partial charge in [-0.05, 0) is 26.7 Å².